The van der Waals surface area contributed by atoms with Gasteiger partial charge in [0.15, 0.2) is 5.58 Å². The molecule has 0 bridgehead atoms. The number of amides is 1. The number of morpholine rings is 1. The number of aromatic nitrogens is 3. The Bertz CT molecular complexity index is 1410. The van der Waals surface area contributed by atoms with E-state index in [9.17, 15) is 4.79 Å². The molecule has 0 spiro atoms. The maximum atomic E-state index is 12.3. The highest BCUT2D eigenvalue weighted by Crippen LogP contribution is 2.35. The first-order valence-corrected chi connectivity index (χ1v) is 12.2. The molecule has 1 aromatic carbocycles. The number of carbonyl (C=O) groups is 1. The van der Waals surface area contributed by atoms with Crippen molar-refractivity contribution in [1.82, 2.24) is 15.0 Å². The number of nitrogens with one attached hydrogen (secondary N) is 2. The predicted molar refractivity (Wildman–Crippen MR) is 136 cm³/mol. The molecule has 1 atom stereocenters. The van der Waals surface area contributed by atoms with Crippen LogP contribution < -0.4 is 15.5 Å². The molecule has 4 aromatic rings. The lowest BCUT2D eigenvalue weighted by Crippen LogP contribution is -2.41. The Kier molecular flexibility index (Phi) is 5.49. The number of hydrogen-bond acceptors (Lipinski definition) is 8. The lowest BCUT2D eigenvalue weighted by molar-refractivity contribution is -0.117. The van der Waals surface area contributed by atoms with Crippen LogP contribution in [-0.4, -0.2) is 53.2 Å². The third-order valence-corrected chi connectivity index (χ3v) is 6.52. The summed E-state index contributed by atoms with van der Waals surface area (Å²) in [6.45, 7) is 7.25. The molecular weight excluding hydrogens is 444 g/mol. The number of rotatable bonds is 6. The third kappa shape index (κ3) is 4.27. The van der Waals surface area contributed by atoms with E-state index in [1.54, 1.807) is 12.4 Å². The summed E-state index contributed by atoms with van der Waals surface area (Å²) in [5.74, 6) is 1.86. The number of benzene rings is 1. The summed E-state index contributed by atoms with van der Waals surface area (Å²) in [4.78, 5) is 28.5. The molecule has 9 nitrogen and oxygen atoms in total. The average molecular weight is 473 g/mol. The molecule has 1 unspecified atom stereocenters. The van der Waals surface area contributed by atoms with Gasteiger partial charge in [-0.2, -0.15) is 0 Å². The van der Waals surface area contributed by atoms with E-state index in [-0.39, 0.29) is 17.9 Å². The van der Waals surface area contributed by atoms with Crippen molar-refractivity contribution in [2.75, 3.05) is 41.8 Å². The van der Waals surface area contributed by atoms with Crippen LogP contribution in [0.4, 0.5) is 17.3 Å². The fraction of sp³-hybridized carbons (Fsp3) is 0.385. The van der Waals surface area contributed by atoms with E-state index in [1.807, 2.05) is 19.1 Å². The lowest BCUT2D eigenvalue weighted by atomic mass is 10.1. The topological polar surface area (TPSA) is 105 Å². The molecule has 3 aromatic heterocycles. The van der Waals surface area contributed by atoms with Gasteiger partial charge in [0.1, 0.15) is 17.2 Å². The summed E-state index contributed by atoms with van der Waals surface area (Å²) >= 11 is 0. The fourth-order valence-corrected chi connectivity index (χ4v) is 4.54. The fourth-order valence-electron chi connectivity index (χ4n) is 4.54. The van der Waals surface area contributed by atoms with E-state index < -0.39 is 0 Å². The van der Waals surface area contributed by atoms with Crippen molar-refractivity contribution in [2.24, 2.45) is 5.92 Å². The summed E-state index contributed by atoms with van der Waals surface area (Å²) in [6.07, 6.45) is 5.58. The lowest BCUT2D eigenvalue weighted by Gasteiger charge is -2.32. The molecule has 0 radical (unpaired) electrons. The maximum Gasteiger partial charge on any atom is 0.229 e. The summed E-state index contributed by atoms with van der Waals surface area (Å²) < 4.78 is 11.8. The molecule has 1 amide bonds. The van der Waals surface area contributed by atoms with Gasteiger partial charge in [0.05, 0.1) is 18.3 Å². The van der Waals surface area contributed by atoms with Gasteiger partial charge in [-0.1, -0.05) is 0 Å². The first-order valence-electron chi connectivity index (χ1n) is 12.2. The van der Waals surface area contributed by atoms with Gasteiger partial charge < -0.3 is 24.7 Å². The summed E-state index contributed by atoms with van der Waals surface area (Å²) in [5.41, 5.74) is 3.36. The first kappa shape index (κ1) is 21.8. The van der Waals surface area contributed by atoms with Gasteiger partial charge in [0, 0.05) is 54.4 Å². The molecule has 180 valence electrons. The summed E-state index contributed by atoms with van der Waals surface area (Å²) in [7, 11) is 0. The minimum atomic E-state index is 0.0196. The molecule has 1 aliphatic carbocycles. The zero-order valence-electron chi connectivity index (χ0n) is 19.9. The molecule has 2 aliphatic rings. The molecule has 2 N–H and O–H groups in total. The van der Waals surface area contributed by atoms with Crippen molar-refractivity contribution in [2.45, 2.75) is 32.8 Å². The van der Waals surface area contributed by atoms with Crippen LogP contribution in [0.25, 0.3) is 33.3 Å². The second-order valence-corrected chi connectivity index (χ2v) is 9.23. The molecule has 9 heteroatoms. The van der Waals surface area contributed by atoms with Gasteiger partial charge in [-0.25, -0.2) is 15.0 Å². The quantitative estimate of drug-likeness (QED) is 0.424. The molecule has 1 saturated carbocycles. The smallest absolute Gasteiger partial charge is 0.229 e. The van der Waals surface area contributed by atoms with Crippen LogP contribution >= 0.6 is 0 Å². The number of nitrogens with zero attached hydrogens (tertiary/aromatic N) is 4. The zero-order chi connectivity index (χ0) is 23.9. The Hall–Kier alpha value is -3.72. The Balaban J connectivity index is 1.40. The molecule has 1 aliphatic heterocycles. The van der Waals surface area contributed by atoms with E-state index in [1.165, 1.54) is 0 Å². The van der Waals surface area contributed by atoms with Crippen molar-refractivity contribution < 1.29 is 13.9 Å². The van der Waals surface area contributed by atoms with Crippen LogP contribution in [0.3, 0.4) is 0 Å². The highest BCUT2D eigenvalue weighted by atomic mass is 16.5. The average Bonchev–Trinajstić information content (AvgIpc) is 3.63. The van der Waals surface area contributed by atoms with Gasteiger partial charge in [-0.05, 0) is 51.0 Å². The van der Waals surface area contributed by atoms with Crippen LogP contribution in [0.1, 0.15) is 26.7 Å². The minimum Gasteiger partial charge on any atom is -0.436 e. The predicted octanol–water partition coefficient (Wildman–Crippen LogP) is 4.44. The van der Waals surface area contributed by atoms with Gasteiger partial charge in [0.2, 0.25) is 11.8 Å². The molecule has 6 rings (SSSR count). The van der Waals surface area contributed by atoms with Crippen LogP contribution in [0, 0.1) is 5.92 Å². The second kappa shape index (κ2) is 8.81. The van der Waals surface area contributed by atoms with Crippen LogP contribution in [0.15, 0.2) is 41.1 Å². The van der Waals surface area contributed by atoms with Crippen LogP contribution in [0.2, 0.25) is 0 Å². The van der Waals surface area contributed by atoms with Crippen molar-refractivity contribution in [3.8, 4) is 11.5 Å². The SMILES string of the molecule is CCNc1ncc(-c2nc3cc(N4CCOC(C)C4)ccc3o2)c2cc(NC(=O)C3CC3)ncc12. The molecular formula is C26H28N6O3. The van der Waals surface area contributed by atoms with Crippen molar-refractivity contribution >= 4 is 45.1 Å². The van der Waals surface area contributed by atoms with E-state index >= 15 is 0 Å². The Morgan fingerprint density at radius 2 is 2.06 bits per heavy atom. The Morgan fingerprint density at radius 1 is 1.17 bits per heavy atom. The number of ether oxygens (including phenoxy) is 1. The number of pyridine rings is 2. The van der Waals surface area contributed by atoms with Gasteiger partial charge in [-0.15, -0.1) is 0 Å². The number of anilines is 3. The standard InChI is InChI=1S/C26H28N6O3/c1-3-27-24-19-12-28-23(31-25(33)16-4-5-16)11-18(19)20(13-29-24)26-30-21-10-17(6-7-22(21)35-26)32-8-9-34-15(2)14-32/h6-7,10-13,15-16H,3-5,8-9,14H2,1-2H3,(H,27,29)(H,28,31,33). The van der Waals surface area contributed by atoms with Crippen molar-refractivity contribution in [3.05, 3.63) is 36.7 Å². The number of oxazole rings is 1. The van der Waals surface area contributed by atoms with E-state index in [0.29, 0.717) is 23.9 Å². The van der Waals surface area contributed by atoms with Gasteiger partial charge in [0.25, 0.3) is 0 Å². The van der Waals surface area contributed by atoms with Gasteiger partial charge >= 0.3 is 0 Å². The number of hydrogen-bond donors (Lipinski definition) is 2. The highest BCUT2D eigenvalue weighted by molar-refractivity contribution is 6.03. The summed E-state index contributed by atoms with van der Waals surface area (Å²) in [6, 6.07) is 7.97. The monoisotopic (exact) mass is 472 g/mol. The van der Waals surface area contributed by atoms with E-state index in [0.717, 1.165) is 65.8 Å². The minimum absolute atomic E-state index is 0.0196. The highest BCUT2D eigenvalue weighted by Gasteiger charge is 2.30. The number of fused-ring (bicyclic) bond motifs is 2. The van der Waals surface area contributed by atoms with Crippen LogP contribution in [0.5, 0.6) is 0 Å². The third-order valence-electron chi connectivity index (χ3n) is 6.52. The normalized spacial score (nSPS) is 18.2. The Morgan fingerprint density at radius 3 is 2.86 bits per heavy atom. The van der Waals surface area contributed by atoms with Crippen molar-refractivity contribution in [1.29, 1.82) is 0 Å². The van der Waals surface area contributed by atoms with Crippen molar-refractivity contribution in [3.63, 3.8) is 0 Å². The van der Waals surface area contributed by atoms with E-state index in [2.05, 4.69) is 44.6 Å². The van der Waals surface area contributed by atoms with E-state index in [4.69, 9.17) is 14.1 Å². The first-order chi connectivity index (χ1) is 17.1. The molecule has 2 fully saturated rings. The van der Waals surface area contributed by atoms with Crippen LogP contribution in [-0.2, 0) is 9.53 Å². The molecule has 35 heavy (non-hydrogen) atoms. The van der Waals surface area contributed by atoms with Gasteiger partial charge in [-0.3, -0.25) is 4.79 Å². The summed E-state index contributed by atoms with van der Waals surface area (Å²) in [5, 5.41) is 7.94. The molecule has 4 heterocycles. The maximum absolute atomic E-state index is 12.3. The largest absolute Gasteiger partial charge is 0.436 e. The second-order valence-electron chi connectivity index (χ2n) is 9.23. The molecule has 1 saturated heterocycles. The Labute approximate surface area is 202 Å². The number of carbonyl (C=O) groups excluding carboxylic acids is 1. The zero-order valence-corrected chi connectivity index (χ0v) is 19.9.